The fraction of sp³-hybridized carbons (Fsp3) is 0.200. The largest absolute Gasteiger partial charge is 0.495 e. The van der Waals surface area contributed by atoms with Gasteiger partial charge in [-0.15, -0.1) is 0 Å². The molecule has 0 aliphatic heterocycles. The lowest BCUT2D eigenvalue weighted by atomic mass is 9.97. The van der Waals surface area contributed by atoms with Crippen LogP contribution in [0.3, 0.4) is 0 Å². The number of halogens is 1. The summed E-state index contributed by atoms with van der Waals surface area (Å²) in [6.07, 6.45) is 0. The molecule has 0 fully saturated rings. The number of nitrogens with two attached hydrogens (primary N) is 1. The first-order chi connectivity index (χ1) is 8.52. The van der Waals surface area contributed by atoms with Crippen molar-refractivity contribution in [1.29, 1.82) is 0 Å². The van der Waals surface area contributed by atoms with Crippen LogP contribution < -0.4 is 10.5 Å². The molecule has 18 heavy (non-hydrogen) atoms. The average molecular weight is 245 g/mol. The lowest BCUT2D eigenvalue weighted by molar-refractivity contribution is 0.417. The van der Waals surface area contributed by atoms with Crippen molar-refractivity contribution in [1.82, 2.24) is 0 Å². The fourth-order valence-corrected chi connectivity index (χ4v) is 2.17. The van der Waals surface area contributed by atoms with Crippen molar-refractivity contribution < 1.29 is 9.13 Å². The predicted molar refractivity (Wildman–Crippen MR) is 72.3 cm³/mol. The molecule has 2 rings (SSSR count). The van der Waals surface area contributed by atoms with Crippen molar-refractivity contribution in [2.75, 3.05) is 12.8 Å². The standard InChI is InChI=1S/C15H16FNO/c1-9-6-10(2)15(12(16)7-9)11-4-5-14(18-3)13(17)8-11/h4-8H,17H2,1-3H3. The van der Waals surface area contributed by atoms with Gasteiger partial charge in [-0.05, 0) is 48.7 Å². The molecule has 2 aromatic rings. The lowest BCUT2D eigenvalue weighted by Crippen LogP contribution is -1.95. The van der Waals surface area contributed by atoms with Crippen LogP contribution in [0.25, 0.3) is 11.1 Å². The second kappa shape index (κ2) is 4.69. The highest BCUT2D eigenvalue weighted by Crippen LogP contribution is 2.32. The molecule has 3 heteroatoms. The van der Waals surface area contributed by atoms with Gasteiger partial charge >= 0.3 is 0 Å². The maximum Gasteiger partial charge on any atom is 0.141 e. The van der Waals surface area contributed by atoms with Crippen molar-refractivity contribution >= 4 is 5.69 Å². The van der Waals surface area contributed by atoms with Gasteiger partial charge in [0, 0.05) is 5.56 Å². The third kappa shape index (κ3) is 2.16. The van der Waals surface area contributed by atoms with Gasteiger partial charge in [0.1, 0.15) is 11.6 Å². The van der Waals surface area contributed by atoms with Crippen LogP contribution in [0.1, 0.15) is 11.1 Å². The summed E-state index contributed by atoms with van der Waals surface area (Å²) in [5, 5.41) is 0. The van der Waals surface area contributed by atoms with E-state index in [1.807, 2.05) is 26.0 Å². The number of ether oxygens (including phenoxy) is 1. The number of hydrogen-bond donors (Lipinski definition) is 1. The zero-order chi connectivity index (χ0) is 13.3. The molecule has 2 N–H and O–H groups in total. The van der Waals surface area contributed by atoms with Gasteiger partial charge in [0.25, 0.3) is 0 Å². The highest BCUT2D eigenvalue weighted by molar-refractivity contribution is 5.73. The van der Waals surface area contributed by atoms with Gasteiger partial charge in [-0.1, -0.05) is 12.1 Å². The summed E-state index contributed by atoms with van der Waals surface area (Å²) in [5.74, 6) is 0.376. The fourth-order valence-electron chi connectivity index (χ4n) is 2.17. The number of nitrogen functional groups attached to an aromatic ring is 1. The van der Waals surface area contributed by atoms with Gasteiger partial charge in [0.2, 0.25) is 0 Å². The van der Waals surface area contributed by atoms with Crippen LogP contribution in [0.15, 0.2) is 30.3 Å². The average Bonchev–Trinajstić information content (AvgIpc) is 2.27. The lowest BCUT2D eigenvalue weighted by Gasteiger charge is -2.11. The quantitative estimate of drug-likeness (QED) is 0.819. The maximum atomic E-state index is 14.0. The van der Waals surface area contributed by atoms with Gasteiger partial charge in [0.05, 0.1) is 12.8 Å². The highest BCUT2D eigenvalue weighted by atomic mass is 19.1. The molecule has 0 radical (unpaired) electrons. The van der Waals surface area contributed by atoms with Crippen molar-refractivity contribution in [3.63, 3.8) is 0 Å². The van der Waals surface area contributed by atoms with E-state index in [9.17, 15) is 4.39 Å². The molecule has 0 amide bonds. The van der Waals surface area contributed by atoms with Crippen LogP contribution in [0.2, 0.25) is 0 Å². The molecule has 0 aliphatic carbocycles. The van der Waals surface area contributed by atoms with Gasteiger partial charge in [0.15, 0.2) is 0 Å². The molecular weight excluding hydrogens is 229 g/mol. The Kier molecular flexibility index (Phi) is 3.24. The minimum absolute atomic E-state index is 0.225. The molecule has 2 nitrogen and oxygen atoms in total. The molecule has 94 valence electrons. The van der Waals surface area contributed by atoms with E-state index < -0.39 is 0 Å². The molecule has 0 heterocycles. The number of rotatable bonds is 2. The minimum Gasteiger partial charge on any atom is -0.495 e. The predicted octanol–water partition coefficient (Wildman–Crippen LogP) is 3.70. The molecule has 0 aromatic heterocycles. The van der Waals surface area contributed by atoms with Crippen LogP contribution in [0, 0.1) is 19.7 Å². The van der Waals surface area contributed by atoms with E-state index in [1.54, 1.807) is 19.2 Å². The summed E-state index contributed by atoms with van der Waals surface area (Å²) in [7, 11) is 1.56. The Hall–Kier alpha value is -2.03. The molecule has 0 saturated heterocycles. The Morgan fingerprint density at radius 2 is 1.83 bits per heavy atom. The van der Waals surface area contributed by atoms with Crippen LogP contribution in [-0.2, 0) is 0 Å². The van der Waals surface area contributed by atoms with E-state index >= 15 is 0 Å². The Labute approximate surface area is 106 Å². The molecule has 2 aromatic carbocycles. The van der Waals surface area contributed by atoms with Crippen molar-refractivity contribution in [3.8, 4) is 16.9 Å². The zero-order valence-corrected chi connectivity index (χ0v) is 10.8. The van der Waals surface area contributed by atoms with E-state index in [4.69, 9.17) is 10.5 Å². The van der Waals surface area contributed by atoms with Crippen molar-refractivity contribution in [2.45, 2.75) is 13.8 Å². The smallest absolute Gasteiger partial charge is 0.141 e. The molecule has 0 unspecified atom stereocenters. The van der Waals surface area contributed by atoms with E-state index in [-0.39, 0.29) is 5.82 Å². The molecule has 0 spiro atoms. The molecule has 0 atom stereocenters. The maximum absolute atomic E-state index is 14.0. The number of benzene rings is 2. The summed E-state index contributed by atoms with van der Waals surface area (Å²) < 4.78 is 19.1. The van der Waals surface area contributed by atoms with Crippen LogP contribution >= 0.6 is 0 Å². The monoisotopic (exact) mass is 245 g/mol. The third-order valence-electron chi connectivity index (χ3n) is 2.95. The second-order valence-corrected chi connectivity index (χ2v) is 4.40. The van der Waals surface area contributed by atoms with Gasteiger partial charge in [-0.3, -0.25) is 0 Å². The number of anilines is 1. The molecule has 0 aliphatic rings. The van der Waals surface area contributed by atoms with Crippen molar-refractivity contribution in [2.24, 2.45) is 0 Å². The second-order valence-electron chi connectivity index (χ2n) is 4.40. The van der Waals surface area contributed by atoms with Crippen LogP contribution in [0.5, 0.6) is 5.75 Å². The van der Waals surface area contributed by atoms with Gasteiger partial charge in [-0.25, -0.2) is 4.39 Å². The number of hydrogen-bond acceptors (Lipinski definition) is 2. The third-order valence-corrected chi connectivity index (χ3v) is 2.95. The Balaban J connectivity index is 2.59. The summed E-state index contributed by atoms with van der Waals surface area (Å²) in [4.78, 5) is 0. The minimum atomic E-state index is -0.225. The van der Waals surface area contributed by atoms with E-state index in [0.29, 0.717) is 17.0 Å². The summed E-state index contributed by atoms with van der Waals surface area (Å²) in [6, 6.07) is 8.79. The Morgan fingerprint density at radius 1 is 1.11 bits per heavy atom. The molecule has 0 bridgehead atoms. The molecular formula is C15H16FNO. The normalized spacial score (nSPS) is 10.4. The SMILES string of the molecule is COc1ccc(-c2c(C)cc(C)cc2F)cc1N. The summed E-state index contributed by atoms with van der Waals surface area (Å²) >= 11 is 0. The first-order valence-electron chi connectivity index (χ1n) is 5.73. The number of methoxy groups -OCH3 is 1. The van der Waals surface area contributed by atoms with Gasteiger partial charge < -0.3 is 10.5 Å². The van der Waals surface area contributed by atoms with E-state index in [2.05, 4.69) is 0 Å². The molecule has 0 saturated carbocycles. The number of aryl methyl sites for hydroxylation is 2. The highest BCUT2D eigenvalue weighted by Gasteiger charge is 2.11. The van der Waals surface area contributed by atoms with E-state index in [1.165, 1.54) is 6.07 Å². The van der Waals surface area contributed by atoms with Crippen LogP contribution in [-0.4, -0.2) is 7.11 Å². The topological polar surface area (TPSA) is 35.2 Å². The first-order valence-corrected chi connectivity index (χ1v) is 5.73. The van der Waals surface area contributed by atoms with Gasteiger partial charge in [-0.2, -0.15) is 0 Å². The van der Waals surface area contributed by atoms with E-state index in [0.717, 1.165) is 16.7 Å². The summed E-state index contributed by atoms with van der Waals surface area (Å²) in [5.41, 5.74) is 9.53. The zero-order valence-electron chi connectivity index (χ0n) is 10.8. The first kappa shape index (κ1) is 12.4. The van der Waals surface area contributed by atoms with Crippen LogP contribution in [0.4, 0.5) is 10.1 Å². The summed E-state index contributed by atoms with van der Waals surface area (Å²) in [6.45, 7) is 3.77. The van der Waals surface area contributed by atoms with Crippen molar-refractivity contribution in [3.05, 3.63) is 47.3 Å². The Bertz CT molecular complexity index is 570. The Morgan fingerprint density at radius 3 is 2.39 bits per heavy atom.